The molecular weight excluding hydrogens is 136 g/mol. The lowest BCUT2D eigenvalue weighted by atomic mass is 9.92. The number of hydrogen-bond acceptors (Lipinski definition) is 1. The van der Waals surface area contributed by atoms with Gasteiger partial charge in [0.1, 0.15) is 0 Å². The van der Waals surface area contributed by atoms with Crippen LogP contribution in [-0.4, -0.2) is 19.0 Å². The first-order valence-electron chi connectivity index (χ1n) is 3.69. The maximum absolute atomic E-state index is 12.6. The van der Waals surface area contributed by atoms with Crippen molar-refractivity contribution in [2.75, 3.05) is 7.05 Å². The summed E-state index contributed by atoms with van der Waals surface area (Å²) in [6.07, 6.45) is 1.64. The maximum Gasteiger partial charge on any atom is 0.249 e. The van der Waals surface area contributed by atoms with E-state index in [0.29, 0.717) is 6.42 Å². The van der Waals surface area contributed by atoms with Gasteiger partial charge in [-0.2, -0.15) is 0 Å². The molecule has 1 aliphatic rings. The molecule has 1 saturated carbocycles. The highest BCUT2D eigenvalue weighted by molar-refractivity contribution is 4.81. The zero-order valence-electron chi connectivity index (χ0n) is 6.16. The Morgan fingerprint density at radius 2 is 2.20 bits per heavy atom. The number of nitrogens with one attached hydrogen (secondary N) is 1. The van der Waals surface area contributed by atoms with Crippen molar-refractivity contribution in [2.45, 2.75) is 37.6 Å². The Bertz CT molecular complexity index is 114. The second kappa shape index (κ2) is 2.82. The fourth-order valence-corrected chi connectivity index (χ4v) is 1.42. The Hall–Kier alpha value is -0.180. The van der Waals surface area contributed by atoms with E-state index in [1.165, 1.54) is 0 Å². The maximum atomic E-state index is 12.6. The summed E-state index contributed by atoms with van der Waals surface area (Å²) < 4.78 is 25.2. The summed E-state index contributed by atoms with van der Waals surface area (Å²) in [5, 5.41) is 2.88. The van der Waals surface area contributed by atoms with Crippen LogP contribution < -0.4 is 5.32 Å². The highest BCUT2D eigenvalue weighted by Crippen LogP contribution is 2.32. The van der Waals surface area contributed by atoms with Crippen LogP contribution in [0.5, 0.6) is 0 Å². The van der Waals surface area contributed by atoms with E-state index in [4.69, 9.17) is 0 Å². The lowest BCUT2D eigenvalue weighted by Gasteiger charge is -2.28. The van der Waals surface area contributed by atoms with Gasteiger partial charge in [0.05, 0.1) is 0 Å². The van der Waals surface area contributed by atoms with E-state index in [1.807, 2.05) is 0 Å². The van der Waals surface area contributed by atoms with Crippen LogP contribution in [-0.2, 0) is 0 Å². The van der Waals surface area contributed by atoms with Crippen LogP contribution in [0.4, 0.5) is 8.78 Å². The molecule has 3 heteroatoms. The van der Waals surface area contributed by atoms with Crippen LogP contribution in [0.3, 0.4) is 0 Å². The minimum Gasteiger partial charge on any atom is -0.317 e. The molecular formula is C7H13F2N. The van der Waals surface area contributed by atoms with E-state index >= 15 is 0 Å². The van der Waals surface area contributed by atoms with Gasteiger partial charge in [0.2, 0.25) is 5.92 Å². The molecule has 0 aromatic rings. The van der Waals surface area contributed by atoms with Crippen molar-refractivity contribution in [1.82, 2.24) is 5.32 Å². The van der Waals surface area contributed by atoms with Crippen molar-refractivity contribution >= 4 is 0 Å². The largest absolute Gasteiger partial charge is 0.317 e. The van der Waals surface area contributed by atoms with Gasteiger partial charge in [-0.15, -0.1) is 0 Å². The molecule has 1 aliphatic carbocycles. The normalized spacial score (nSPS) is 32.1. The minimum absolute atomic E-state index is 0.0174. The monoisotopic (exact) mass is 149 g/mol. The molecule has 1 N–H and O–H groups in total. The van der Waals surface area contributed by atoms with Crippen molar-refractivity contribution in [3.8, 4) is 0 Å². The third kappa shape index (κ3) is 1.90. The Balaban J connectivity index is 2.40. The Morgan fingerprint density at radius 1 is 1.50 bits per heavy atom. The summed E-state index contributed by atoms with van der Waals surface area (Å²) in [6.45, 7) is 0. The standard InChI is InChI=1S/C7H13F2N/c1-10-6-3-2-4-7(8,9)5-6/h6,10H,2-5H2,1H3/t6-/m1/s1. The Morgan fingerprint density at radius 3 is 2.60 bits per heavy atom. The van der Waals surface area contributed by atoms with Gasteiger partial charge in [-0.3, -0.25) is 0 Å². The number of hydrogen-bond donors (Lipinski definition) is 1. The summed E-state index contributed by atoms with van der Waals surface area (Å²) >= 11 is 0. The number of halogens is 2. The van der Waals surface area contributed by atoms with Gasteiger partial charge in [-0.05, 0) is 19.9 Å². The molecule has 1 fully saturated rings. The first kappa shape index (κ1) is 7.92. The van der Waals surface area contributed by atoms with Crippen molar-refractivity contribution < 1.29 is 8.78 Å². The van der Waals surface area contributed by atoms with E-state index in [2.05, 4.69) is 5.32 Å². The fraction of sp³-hybridized carbons (Fsp3) is 1.00. The van der Waals surface area contributed by atoms with E-state index < -0.39 is 5.92 Å². The van der Waals surface area contributed by atoms with Gasteiger partial charge >= 0.3 is 0 Å². The quantitative estimate of drug-likeness (QED) is 0.599. The third-order valence-corrected chi connectivity index (χ3v) is 2.05. The van der Waals surface area contributed by atoms with Crippen LogP contribution in [0.1, 0.15) is 25.7 Å². The summed E-state index contributed by atoms with van der Waals surface area (Å²) in [5.41, 5.74) is 0. The molecule has 1 atom stereocenters. The minimum atomic E-state index is -2.41. The second-order valence-electron chi connectivity index (χ2n) is 2.94. The van der Waals surface area contributed by atoms with Crippen molar-refractivity contribution in [2.24, 2.45) is 0 Å². The summed E-state index contributed by atoms with van der Waals surface area (Å²) in [4.78, 5) is 0. The molecule has 0 amide bonds. The molecule has 0 unspecified atom stereocenters. The average molecular weight is 149 g/mol. The molecule has 0 bridgehead atoms. The first-order valence-corrected chi connectivity index (χ1v) is 3.69. The van der Waals surface area contributed by atoms with Crippen LogP contribution >= 0.6 is 0 Å². The predicted molar refractivity (Wildman–Crippen MR) is 36.3 cm³/mol. The van der Waals surface area contributed by atoms with Gasteiger partial charge in [0, 0.05) is 18.9 Å². The second-order valence-corrected chi connectivity index (χ2v) is 2.94. The first-order chi connectivity index (χ1) is 4.64. The zero-order chi connectivity index (χ0) is 7.61. The lowest BCUT2D eigenvalue weighted by molar-refractivity contribution is -0.0432. The molecule has 0 heterocycles. The molecule has 0 aromatic heterocycles. The topological polar surface area (TPSA) is 12.0 Å². The summed E-state index contributed by atoms with van der Waals surface area (Å²) in [6, 6.07) is 0.0312. The van der Waals surface area contributed by atoms with Gasteiger partial charge in [-0.25, -0.2) is 8.78 Å². The van der Waals surface area contributed by atoms with Crippen LogP contribution in [0.25, 0.3) is 0 Å². The Labute approximate surface area is 59.8 Å². The number of rotatable bonds is 1. The molecule has 10 heavy (non-hydrogen) atoms. The summed E-state index contributed by atoms with van der Waals surface area (Å²) in [5.74, 6) is -2.41. The SMILES string of the molecule is CN[C@@H]1CCCC(F)(F)C1. The molecule has 0 radical (unpaired) electrons. The molecule has 0 aliphatic heterocycles. The molecule has 0 spiro atoms. The van der Waals surface area contributed by atoms with E-state index in [9.17, 15) is 8.78 Å². The van der Waals surface area contributed by atoms with Crippen LogP contribution in [0, 0.1) is 0 Å². The predicted octanol–water partition coefficient (Wildman–Crippen LogP) is 1.78. The van der Waals surface area contributed by atoms with Crippen molar-refractivity contribution in [3.05, 3.63) is 0 Å². The van der Waals surface area contributed by atoms with E-state index in [-0.39, 0.29) is 18.9 Å². The van der Waals surface area contributed by atoms with Crippen molar-refractivity contribution in [3.63, 3.8) is 0 Å². The highest BCUT2D eigenvalue weighted by Gasteiger charge is 2.35. The lowest BCUT2D eigenvalue weighted by Crippen LogP contribution is -2.37. The Kier molecular flexibility index (Phi) is 2.24. The smallest absolute Gasteiger partial charge is 0.249 e. The van der Waals surface area contributed by atoms with Gasteiger partial charge in [0.15, 0.2) is 0 Å². The van der Waals surface area contributed by atoms with E-state index in [1.54, 1.807) is 7.05 Å². The average Bonchev–Trinajstić information content (AvgIpc) is 1.86. The molecule has 0 saturated heterocycles. The zero-order valence-corrected chi connectivity index (χ0v) is 6.16. The molecule has 1 nitrogen and oxygen atoms in total. The van der Waals surface area contributed by atoms with Crippen LogP contribution in [0.2, 0.25) is 0 Å². The van der Waals surface area contributed by atoms with Gasteiger partial charge < -0.3 is 5.32 Å². The molecule has 60 valence electrons. The summed E-state index contributed by atoms with van der Waals surface area (Å²) in [7, 11) is 1.74. The third-order valence-electron chi connectivity index (χ3n) is 2.05. The van der Waals surface area contributed by atoms with Gasteiger partial charge in [0.25, 0.3) is 0 Å². The van der Waals surface area contributed by atoms with E-state index in [0.717, 1.165) is 6.42 Å². The fourth-order valence-electron chi connectivity index (χ4n) is 1.42. The van der Waals surface area contributed by atoms with Crippen molar-refractivity contribution in [1.29, 1.82) is 0 Å². The molecule has 0 aromatic carbocycles. The van der Waals surface area contributed by atoms with Gasteiger partial charge in [-0.1, -0.05) is 0 Å². The number of alkyl halides is 2. The van der Waals surface area contributed by atoms with Crippen LogP contribution in [0.15, 0.2) is 0 Å². The highest BCUT2D eigenvalue weighted by atomic mass is 19.3. The molecule has 1 rings (SSSR count).